The standard InChI is InChI=1S/C26H27F3N4O3S/c1-3-36-25(35)21-16-6-4-5-7-19(16)37-24(21)32-23(34)17-13-30-33-20(26(27,28)29)12-18(31-22(17)33)15-10-8-14(2)9-11-15/h8-11,13,18,20,31H,3-7,12H2,1-2H3,(H,32,34)/t18-,20-/m0/s1. The highest BCUT2D eigenvalue weighted by molar-refractivity contribution is 7.17. The number of nitrogens with one attached hydrogen (secondary N) is 2. The molecule has 2 atom stereocenters. The van der Waals surface area contributed by atoms with Crippen LogP contribution in [-0.2, 0) is 17.6 Å². The number of carbonyl (C=O) groups excluding carboxylic acids is 2. The van der Waals surface area contributed by atoms with E-state index in [2.05, 4.69) is 15.7 Å². The monoisotopic (exact) mass is 532 g/mol. The molecule has 2 N–H and O–H groups in total. The average molecular weight is 533 g/mol. The molecule has 196 valence electrons. The summed E-state index contributed by atoms with van der Waals surface area (Å²) in [4.78, 5) is 27.2. The smallest absolute Gasteiger partial charge is 0.410 e. The van der Waals surface area contributed by atoms with Crippen molar-refractivity contribution in [2.24, 2.45) is 0 Å². The van der Waals surface area contributed by atoms with Crippen LogP contribution in [-0.4, -0.2) is 34.4 Å². The van der Waals surface area contributed by atoms with E-state index in [1.165, 1.54) is 11.3 Å². The SMILES string of the molecule is CCOC(=O)c1c(NC(=O)c2cnn3c2N[C@H](c2ccc(C)cc2)C[C@H]3C(F)(F)F)sc2c1CCCC2. The van der Waals surface area contributed by atoms with Crippen LogP contribution in [0.3, 0.4) is 0 Å². The van der Waals surface area contributed by atoms with Crippen molar-refractivity contribution in [1.82, 2.24) is 9.78 Å². The van der Waals surface area contributed by atoms with Crippen molar-refractivity contribution in [3.63, 3.8) is 0 Å². The molecule has 1 amide bonds. The topological polar surface area (TPSA) is 85.2 Å². The number of nitrogens with zero attached hydrogens (tertiary/aromatic N) is 2. The van der Waals surface area contributed by atoms with Crippen molar-refractivity contribution in [2.45, 2.75) is 64.2 Å². The second-order valence-corrected chi connectivity index (χ2v) is 10.4. The zero-order valence-electron chi connectivity index (χ0n) is 20.4. The summed E-state index contributed by atoms with van der Waals surface area (Å²) in [7, 11) is 0. The first-order valence-corrected chi connectivity index (χ1v) is 13.1. The maximum absolute atomic E-state index is 14.0. The Labute approximate surface area is 216 Å². The van der Waals surface area contributed by atoms with Gasteiger partial charge in [0.2, 0.25) is 0 Å². The molecule has 0 radical (unpaired) electrons. The van der Waals surface area contributed by atoms with Crippen LogP contribution >= 0.6 is 11.3 Å². The van der Waals surface area contributed by atoms with Gasteiger partial charge in [0.15, 0.2) is 6.04 Å². The molecule has 1 aliphatic carbocycles. The number of esters is 1. The summed E-state index contributed by atoms with van der Waals surface area (Å²) in [6, 6.07) is 4.71. The predicted octanol–water partition coefficient (Wildman–Crippen LogP) is 6.22. The van der Waals surface area contributed by atoms with Gasteiger partial charge < -0.3 is 15.4 Å². The van der Waals surface area contributed by atoms with Gasteiger partial charge in [0.1, 0.15) is 16.4 Å². The highest BCUT2D eigenvalue weighted by Crippen LogP contribution is 2.45. The summed E-state index contributed by atoms with van der Waals surface area (Å²) in [6.07, 6.45) is -0.223. The number of amides is 1. The maximum atomic E-state index is 14.0. The summed E-state index contributed by atoms with van der Waals surface area (Å²) in [5.41, 5.74) is 2.89. The molecular weight excluding hydrogens is 505 g/mol. The van der Waals surface area contributed by atoms with E-state index >= 15 is 0 Å². The third kappa shape index (κ3) is 4.84. The van der Waals surface area contributed by atoms with E-state index in [-0.39, 0.29) is 24.4 Å². The molecule has 3 heterocycles. The van der Waals surface area contributed by atoms with Gasteiger partial charge in [-0.1, -0.05) is 29.8 Å². The van der Waals surface area contributed by atoms with Gasteiger partial charge in [-0.2, -0.15) is 18.3 Å². The Morgan fingerprint density at radius 3 is 2.65 bits per heavy atom. The minimum atomic E-state index is -4.55. The number of rotatable bonds is 5. The molecule has 0 saturated heterocycles. The fourth-order valence-corrected chi connectivity index (χ4v) is 6.26. The Bertz CT molecular complexity index is 1330. The maximum Gasteiger partial charge on any atom is 0.410 e. The molecule has 7 nitrogen and oxygen atoms in total. The van der Waals surface area contributed by atoms with Gasteiger partial charge in [-0.3, -0.25) is 4.79 Å². The molecule has 5 rings (SSSR count). The Hall–Kier alpha value is -3.34. The lowest BCUT2D eigenvalue weighted by Gasteiger charge is -2.34. The van der Waals surface area contributed by atoms with E-state index in [0.29, 0.717) is 22.5 Å². The van der Waals surface area contributed by atoms with Crippen LogP contribution in [0, 0.1) is 6.92 Å². The normalized spacial score (nSPS) is 18.9. The van der Waals surface area contributed by atoms with Crippen LogP contribution in [0.2, 0.25) is 0 Å². The quantitative estimate of drug-likeness (QED) is 0.381. The number of thiophene rings is 1. The number of carbonyl (C=O) groups is 2. The van der Waals surface area contributed by atoms with Crippen LogP contribution in [0.5, 0.6) is 0 Å². The van der Waals surface area contributed by atoms with Crippen molar-refractivity contribution < 1.29 is 27.5 Å². The van der Waals surface area contributed by atoms with Crippen molar-refractivity contribution in [3.05, 3.63) is 63.2 Å². The van der Waals surface area contributed by atoms with Gasteiger partial charge in [0, 0.05) is 11.3 Å². The van der Waals surface area contributed by atoms with Crippen LogP contribution in [0.15, 0.2) is 30.5 Å². The summed E-state index contributed by atoms with van der Waals surface area (Å²) < 4.78 is 48.2. The summed E-state index contributed by atoms with van der Waals surface area (Å²) in [5.74, 6) is -1.15. The number of hydrogen-bond donors (Lipinski definition) is 2. The highest BCUT2D eigenvalue weighted by Gasteiger charge is 2.47. The molecule has 1 aromatic carbocycles. The van der Waals surface area contributed by atoms with Crippen molar-refractivity contribution in [1.29, 1.82) is 0 Å². The van der Waals surface area contributed by atoms with Gasteiger partial charge in [0.25, 0.3) is 5.91 Å². The number of ether oxygens (including phenoxy) is 1. The van der Waals surface area contributed by atoms with Crippen LogP contribution in [0.1, 0.15) is 80.6 Å². The third-order valence-electron chi connectivity index (χ3n) is 6.84. The highest BCUT2D eigenvalue weighted by atomic mass is 32.1. The predicted molar refractivity (Wildman–Crippen MR) is 134 cm³/mol. The first-order valence-electron chi connectivity index (χ1n) is 12.3. The van der Waals surface area contributed by atoms with Gasteiger partial charge >= 0.3 is 12.1 Å². The number of benzene rings is 1. The van der Waals surface area contributed by atoms with E-state index in [0.717, 1.165) is 46.1 Å². The molecule has 0 saturated carbocycles. The largest absolute Gasteiger partial charge is 0.462 e. The first kappa shape index (κ1) is 25.3. The fourth-order valence-electron chi connectivity index (χ4n) is 4.99. The van der Waals surface area contributed by atoms with E-state index in [1.54, 1.807) is 19.1 Å². The second-order valence-electron chi connectivity index (χ2n) is 9.34. The molecule has 37 heavy (non-hydrogen) atoms. The van der Waals surface area contributed by atoms with Crippen LogP contribution in [0.25, 0.3) is 0 Å². The summed E-state index contributed by atoms with van der Waals surface area (Å²) in [6.45, 7) is 3.80. The summed E-state index contributed by atoms with van der Waals surface area (Å²) >= 11 is 1.32. The molecule has 1 aliphatic heterocycles. The molecule has 11 heteroatoms. The lowest BCUT2D eigenvalue weighted by atomic mass is 9.95. The number of halogens is 3. The van der Waals surface area contributed by atoms with Gasteiger partial charge in [-0.05, 0) is 50.7 Å². The Kier molecular flexibility index (Phi) is 6.74. The van der Waals surface area contributed by atoms with E-state index in [1.807, 2.05) is 19.1 Å². The van der Waals surface area contributed by atoms with E-state index in [9.17, 15) is 22.8 Å². The molecule has 3 aromatic rings. The van der Waals surface area contributed by atoms with Gasteiger partial charge in [0.05, 0.1) is 24.4 Å². The summed E-state index contributed by atoms with van der Waals surface area (Å²) in [5, 5.41) is 10.2. The number of alkyl halides is 3. The zero-order chi connectivity index (χ0) is 26.3. The minimum absolute atomic E-state index is 0.00402. The zero-order valence-corrected chi connectivity index (χ0v) is 21.3. The van der Waals surface area contributed by atoms with Crippen LogP contribution < -0.4 is 10.6 Å². The van der Waals surface area contributed by atoms with E-state index in [4.69, 9.17) is 4.74 Å². The number of anilines is 2. The van der Waals surface area contributed by atoms with E-state index < -0.39 is 30.1 Å². The Balaban J connectivity index is 1.49. The second kappa shape index (κ2) is 9.85. The number of fused-ring (bicyclic) bond motifs is 2. The van der Waals surface area contributed by atoms with Crippen molar-refractivity contribution >= 4 is 34.0 Å². The molecule has 0 unspecified atom stereocenters. The lowest BCUT2D eigenvalue weighted by Crippen LogP contribution is -2.36. The molecule has 0 spiro atoms. The lowest BCUT2D eigenvalue weighted by molar-refractivity contribution is -0.173. The third-order valence-corrected chi connectivity index (χ3v) is 8.05. The van der Waals surface area contributed by atoms with Crippen molar-refractivity contribution in [2.75, 3.05) is 17.2 Å². The van der Waals surface area contributed by atoms with Crippen molar-refractivity contribution in [3.8, 4) is 0 Å². The van der Waals surface area contributed by atoms with Gasteiger partial charge in [-0.15, -0.1) is 11.3 Å². The van der Waals surface area contributed by atoms with Crippen LogP contribution in [0.4, 0.5) is 24.0 Å². The molecule has 2 aliphatic rings. The van der Waals surface area contributed by atoms with Gasteiger partial charge in [-0.25, -0.2) is 9.48 Å². The number of aromatic nitrogens is 2. The average Bonchev–Trinajstić information content (AvgIpc) is 3.44. The molecule has 0 bridgehead atoms. The molecule has 2 aromatic heterocycles. The number of aryl methyl sites for hydroxylation is 2. The first-order chi connectivity index (χ1) is 17.7. The minimum Gasteiger partial charge on any atom is -0.462 e. The molecule has 0 fully saturated rings. The Morgan fingerprint density at radius 2 is 1.95 bits per heavy atom. The fraction of sp³-hybridized carbons (Fsp3) is 0.423. The Morgan fingerprint density at radius 1 is 1.22 bits per heavy atom. The molecular formula is C26H27F3N4O3S. The number of hydrogen-bond acceptors (Lipinski definition) is 6.